The Labute approximate surface area is 142 Å². The van der Waals surface area contributed by atoms with Gasteiger partial charge in [0.2, 0.25) is 11.8 Å². The topological polar surface area (TPSA) is 70.2 Å². The Morgan fingerprint density at radius 2 is 1.96 bits per heavy atom. The first kappa shape index (κ1) is 16.3. The van der Waals surface area contributed by atoms with Crippen LogP contribution in [0.1, 0.15) is 37.7 Å². The molecule has 0 saturated carbocycles. The number of amides is 2. The van der Waals surface area contributed by atoms with Gasteiger partial charge in [-0.05, 0) is 55.4 Å². The molecule has 2 atom stereocenters. The highest BCUT2D eigenvalue weighted by Crippen LogP contribution is 2.33. The van der Waals surface area contributed by atoms with Gasteiger partial charge in [0.15, 0.2) is 0 Å². The number of piperidine rings is 1. The highest BCUT2D eigenvalue weighted by Gasteiger charge is 2.34. The molecule has 3 heterocycles. The van der Waals surface area contributed by atoms with Gasteiger partial charge in [0.25, 0.3) is 0 Å². The van der Waals surface area contributed by atoms with Crippen molar-refractivity contribution in [3.05, 3.63) is 23.8 Å². The summed E-state index contributed by atoms with van der Waals surface area (Å²) in [5, 5.41) is 9.39. The highest BCUT2D eigenvalue weighted by atomic mass is 35.5. The number of rotatable bonds is 3. The zero-order valence-electron chi connectivity index (χ0n) is 12.9. The second kappa shape index (κ2) is 6.49. The van der Waals surface area contributed by atoms with Crippen LogP contribution in [0.4, 0.5) is 11.4 Å². The van der Waals surface area contributed by atoms with Crippen molar-refractivity contribution in [1.29, 1.82) is 0 Å². The van der Waals surface area contributed by atoms with Crippen LogP contribution >= 0.6 is 12.4 Å². The molecule has 23 heavy (non-hydrogen) atoms. The standard InChI is InChI=1S/C17H21N3O2.ClH/c21-16(7-10-5-12-1-2-13(6-10)18-12)19-14-3-4-15-11(8-14)9-17(22)20-15;/h3-4,8,10,12-13,18H,1-2,5-7,9H2,(H,19,21)(H,20,22);1H. The Morgan fingerprint density at radius 1 is 1.22 bits per heavy atom. The largest absolute Gasteiger partial charge is 0.326 e. The molecular weight excluding hydrogens is 314 g/mol. The number of carbonyl (C=O) groups excluding carboxylic acids is 2. The fraction of sp³-hybridized carbons (Fsp3) is 0.529. The summed E-state index contributed by atoms with van der Waals surface area (Å²) in [6, 6.07) is 6.86. The molecule has 0 spiro atoms. The number of anilines is 2. The van der Waals surface area contributed by atoms with Crippen LogP contribution in [0.2, 0.25) is 0 Å². The molecule has 2 amide bonds. The molecule has 3 aliphatic heterocycles. The Hall–Kier alpha value is -1.59. The van der Waals surface area contributed by atoms with Crippen LogP contribution in [0, 0.1) is 5.92 Å². The summed E-state index contributed by atoms with van der Waals surface area (Å²) in [7, 11) is 0. The van der Waals surface area contributed by atoms with Gasteiger partial charge in [-0.15, -0.1) is 12.4 Å². The van der Waals surface area contributed by atoms with Crippen LogP contribution in [0.3, 0.4) is 0 Å². The number of nitrogens with one attached hydrogen (secondary N) is 3. The predicted molar refractivity (Wildman–Crippen MR) is 91.9 cm³/mol. The molecule has 5 nitrogen and oxygen atoms in total. The van der Waals surface area contributed by atoms with E-state index in [9.17, 15) is 9.59 Å². The maximum absolute atomic E-state index is 12.3. The van der Waals surface area contributed by atoms with E-state index in [-0.39, 0.29) is 24.2 Å². The quantitative estimate of drug-likeness (QED) is 0.794. The van der Waals surface area contributed by atoms with E-state index in [1.54, 1.807) is 0 Å². The summed E-state index contributed by atoms with van der Waals surface area (Å²) in [6.07, 6.45) is 5.75. The second-order valence-electron chi connectivity index (χ2n) is 6.82. The van der Waals surface area contributed by atoms with Crippen LogP contribution in [0.15, 0.2) is 18.2 Å². The number of benzene rings is 1. The molecule has 0 radical (unpaired) electrons. The minimum absolute atomic E-state index is 0. The Balaban J connectivity index is 0.00000156. The number of carbonyl (C=O) groups is 2. The van der Waals surface area contributed by atoms with Crippen molar-refractivity contribution >= 4 is 35.6 Å². The Kier molecular flexibility index (Phi) is 4.60. The van der Waals surface area contributed by atoms with Crippen molar-refractivity contribution in [2.75, 3.05) is 10.6 Å². The van der Waals surface area contributed by atoms with Gasteiger partial charge >= 0.3 is 0 Å². The molecule has 2 fully saturated rings. The number of hydrogen-bond donors (Lipinski definition) is 3. The number of halogens is 1. The van der Waals surface area contributed by atoms with E-state index in [4.69, 9.17) is 0 Å². The zero-order valence-corrected chi connectivity index (χ0v) is 13.7. The molecule has 3 aliphatic rings. The molecule has 124 valence electrons. The van der Waals surface area contributed by atoms with Gasteiger partial charge in [0, 0.05) is 29.9 Å². The van der Waals surface area contributed by atoms with E-state index >= 15 is 0 Å². The first-order valence-corrected chi connectivity index (χ1v) is 8.14. The average Bonchev–Trinajstić information content (AvgIpc) is 2.99. The van der Waals surface area contributed by atoms with E-state index in [0.29, 0.717) is 30.8 Å². The first-order valence-electron chi connectivity index (χ1n) is 8.14. The lowest BCUT2D eigenvalue weighted by Crippen LogP contribution is -2.39. The smallest absolute Gasteiger partial charge is 0.228 e. The molecule has 4 rings (SSSR count). The second-order valence-corrected chi connectivity index (χ2v) is 6.82. The van der Waals surface area contributed by atoms with Crippen molar-refractivity contribution in [1.82, 2.24) is 5.32 Å². The Morgan fingerprint density at radius 3 is 2.70 bits per heavy atom. The molecule has 1 aromatic rings. The fourth-order valence-corrected chi connectivity index (χ4v) is 4.12. The molecule has 0 aliphatic carbocycles. The predicted octanol–water partition coefficient (Wildman–Crippen LogP) is 2.46. The van der Waals surface area contributed by atoms with E-state index < -0.39 is 0 Å². The van der Waals surface area contributed by atoms with E-state index in [1.165, 1.54) is 12.8 Å². The molecular formula is C17H22ClN3O2. The minimum Gasteiger partial charge on any atom is -0.326 e. The van der Waals surface area contributed by atoms with Crippen LogP contribution in [-0.4, -0.2) is 23.9 Å². The van der Waals surface area contributed by atoms with Crippen LogP contribution in [0.25, 0.3) is 0 Å². The number of hydrogen-bond acceptors (Lipinski definition) is 3. The third-order valence-corrected chi connectivity index (χ3v) is 5.06. The van der Waals surface area contributed by atoms with Crippen molar-refractivity contribution in [2.45, 2.75) is 50.6 Å². The van der Waals surface area contributed by atoms with Crippen molar-refractivity contribution in [3.63, 3.8) is 0 Å². The summed E-state index contributed by atoms with van der Waals surface area (Å²) < 4.78 is 0. The SMILES string of the molecule is Cl.O=C(CC1CC2CCC(C1)N2)Nc1ccc2c(c1)CC(=O)N2. The van der Waals surface area contributed by atoms with Crippen molar-refractivity contribution < 1.29 is 9.59 Å². The van der Waals surface area contributed by atoms with E-state index in [0.717, 1.165) is 29.8 Å². The fourth-order valence-electron chi connectivity index (χ4n) is 4.12. The van der Waals surface area contributed by atoms with Gasteiger partial charge in [-0.25, -0.2) is 0 Å². The van der Waals surface area contributed by atoms with E-state index in [2.05, 4.69) is 16.0 Å². The van der Waals surface area contributed by atoms with Crippen molar-refractivity contribution in [2.24, 2.45) is 5.92 Å². The monoisotopic (exact) mass is 335 g/mol. The van der Waals surface area contributed by atoms with Crippen LogP contribution < -0.4 is 16.0 Å². The molecule has 0 aromatic heterocycles. The van der Waals surface area contributed by atoms with Gasteiger partial charge in [-0.3, -0.25) is 9.59 Å². The highest BCUT2D eigenvalue weighted by molar-refractivity contribution is 6.00. The molecule has 1 aromatic carbocycles. The van der Waals surface area contributed by atoms with E-state index in [1.807, 2.05) is 18.2 Å². The maximum Gasteiger partial charge on any atom is 0.228 e. The lowest BCUT2D eigenvalue weighted by atomic mass is 9.89. The Bertz CT molecular complexity index is 622. The molecule has 3 N–H and O–H groups in total. The molecule has 6 heteroatoms. The third-order valence-electron chi connectivity index (χ3n) is 5.06. The normalized spacial score (nSPS) is 27.8. The summed E-state index contributed by atoms with van der Waals surface area (Å²) in [5.41, 5.74) is 2.61. The summed E-state index contributed by atoms with van der Waals surface area (Å²) in [6.45, 7) is 0. The lowest BCUT2D eigenvalue weighted by molar-refractivity contribution is -0.117. The zero-order chi connectivity index (χ0) is 15.1. The third kappa shape index (κ3) is 3.51. The molecule has 2 bridgehead atoms. The first-order chi connectivity index (χ1) is 10.7. The van der Waals surface area contributed by atoms with Gasteiger partial charge in [0.05, 0.1) is 6.42 Å². The minimum atomic E-state index is 0. The van der Waals surface area contributed by atoms with Gasteiger partial charge in [-0.1, -0.05) is 0 Å². The maximum atomic E-state index is 12.3. The summed E-state index contributed by atoms with van der Waals surface area (Å²) >= 11 is 0. The van der Waals surface area contributed by atoms with Gasteiger partial charge < -0.3 is 16.0 Å². The number of fused-ring (bicyclic) bond motifs is 3. The van der Waals surface area contributed by atoms with Crippen LogP contribution in [0.5, 0.6) is 0 Å². The van der Waals surface area contributed by atoms with Crippen molar-refractivity contribution in [3.8, 4) is 0 Å². The molecule has 2 unspecified atom stereocenters. The van der Waals surface area contributed by atoms with Crippen LogP contribution in [-0.2, 0) is 16.0 Å². The lowest BCUT2D eigenvalue weighted by Gasteiger charge is -2.28. The summed E-state index contributed by atoms with van der Waals surface area (Å²) in [5.74, 6) is 0.601. The van der Waals surface area contributed by atoms with Gasteiger partial charge in [0.1, 0.15) is 0 Å². The summed E-state index contributed by atoms with van der Waals surface area (Å²) in [4.78, 5) is 23.6. The van der Waals surface area contributed by atoms with Gasteiger partial charge in [-0.2, -0.15) is 0 Å². The average molecular weight is 336 g/mol. The molecule has 2 saturated heterocycles.